The number of esters is 1. The number of nitrogens with one attached hydrogen (secondary N) is 1. The first kappa shape index (κ1) is 22.4. The minimum atomic E-state index is -3.66. The van der Waals surface area contributed by atoms with Gasteiger partial charge in [-0.15, -0.1) is 0 Å². The Hall–Kier alpha value is -2.33. The third-order valence-corrected chi connectivity index (χ3v) is 7.21. The van der Waals surface area contributed by atoms with Gasteiger partial charge in [0, 0.05) is 38.0 Å². The molecule has 0 spiro atoms. The van der Waals surface area contributed by atoms with Crippen molar-refractivity contribution in [2.24, 2.45) is 5.92 Å². The summed E-state index contributed by atoms with van der Waals surface area (Å²) in [6.45, 7) is 1.90. The van der Waals surface area contributed by atoms with E-state index in [1.54, 1.807) is 6.07 Å². The van der Waals surface area contributed by atoms with Crippen molar-refractivity contribution in [3.05, 3.63) is 18.2 Å². The number of rotatable bonds is 8. The maximum absolute atomic E-state index is 13.0. The third-order valence-electron chi connectivity index (χ3n) is 5.31. The molecule has 0 atom stereocenters. The second-order valence-corrected chi connectivity index (χ2v) is 9.25. The number of nitrogens with zero attached hydrogens (tertiary/aromatic N) is 1. The molecule has 1 N–H and O–H groups in total. The number of amides is 1. The van der Waals surface area contributed by atoms with Crippen LogP contribution in [0.25, 0.3) is 0 Å². The van der Waals surface area contributed by atoms with Crippen molar-refractivity contribution in [1.82, 2.24) is 9.62 Å². The van der Waals surface area contributed by atoms with Crippen LogP contribution in [0.2, 0.25) is 0 Å². The van der Waals surface area contributed by atoms with E-state index in [0.29, 0.717) is 63.4 Å². The number of ether oxygens (including phenoxy) is 3. The Bertz CT molecular complexity index is 864. The topological polar surface area (TPSA) is 111 Å². The summed E-state index contributed by atoms with van der Waals surface area (Å²) in [6.07, 6.45) is 2.62. The zero-order valence-corrected chi connectivity index (χ0v) is 17.9. The second kappa shape index (κ2) is 10.1. The van der Waals surface area contributed by atoms with Crippen LogP contribution in [0.5, 0.6) is 11.5 Å². The summed E-state index contributed by atoms with van der Waals surface area (Å²) in [5.41, 5.74) is 0. The largest absolute Gasteiger partial charge is 0.486 e. The Balaban J connectivity index is 1.47. The molecular weight excluding hydrogens is 412 g/mol. The first-order chi connectivity index (χ1) is 14.4. The Morgan fingerprint density at radius 1 is 1.13 bits per heavy atom. The number of sulfonamides is 1. The molecule has 0 saturated carbocycles. The summed E-state index contributed by atoms with van der Waals surface area (Å²) in [7, 11) is -2.31. The maximum Gasteiger partial charge on any atom is 0.305 e. The molecule has 30 heavy (non-hydrogen) atoms. The van der Waals surface area contributed by atoms with E-state index in [9.17, 15) is 18.0 Å². The molecule has 1 saturated heterocycles. The number of methoxy groups -OCH3 is 1. The summed E-state index contributed by atoms with van der Waals surface area (Å²) >= 11 is 0. The fourth-order valence-corrected chi connectivity index (χ4v) is 5.03. The Morgan fingerprint density at radius 2 is 1.83 bits per heavy atom. The zero-order chi connectivity index (χ0) is 21.6. The molecule has 0 aliphatic carbocycles. The molecule has 0 bridgehead atoms. The fraction of sp³-hybridized carbons (Fsp3) is 0.600. The van der Waals surface area contributed by atoms with Crippen LogP contribution < -0.4 is 14.8 Å². The molecule has 0 aromatic heterocycles. The summed E-state index contributed by atoms with van der Waals surface area (Å²) in [5.74, 6) is 0.445. The summed E-state index contributed by atoms with van der Waals surface area (Å²) < 4.78 is 42.8. The van der Waals surface area contributed by atoms with Crippen LogP contribution in [-0.2, 0) is 24.3 Å². The van der Waals surface area contributed by atoms with Gasteiger partial charge >= 0.3 is 5.97 Å². The first-order valence-corrected chi connectivity index (χ1v) is 11.6. The van der Waals surface area contributed by atoms with E-state index >= 15 is 0 Å². The molecule has 0 radical (unpaired) electrons. The Labute approximate surface area is 176 Å². The molecule has 2 aliphatic rings. The molecule has 1 aromatic carbocycles. The molecule has 10 heteroatoms. The van der Waals surface area contributed by atoms with Gasteiger partial charge in [0.1, 0.15) is 13.2 Å². The lowest BCUT2D eigenvalue weighted by Crippen LogP contribution is -2.43. The minimum Gasteiger partial charge on any atom is -0.486 e. The van der Waals surface area contributed by atoms with Crippen molar-refractivity contribution in [2.45, 2.75) is 37.0 Å². The van der Waals surface area contributed by atoms with Crippen LogP contribution >= 0.6 is 0 Å². The van der Waals surface area contributed by atoms with E-state index in [4.69, 9.17) is 9.47 Å². The van der Waals surface area contributed by atoms with E-state index < -0.39 is 10.0 Å². The van der Waals surface area contributed by atoms with Gasteiger partial charge in [-0.05, 0) is 37.8 Å². The highest BCUT2D eigenvalue weighted by Gasteiger charge is 2.32. The number of unbranched alkanes of at least 4 members (excludes halogenated alkanes) is 1. The van der Waals surface area contributed by atoms with Gasteiger partial charge in [-0.1, -0.05) is 0 Å². The van der Waals surface area contributed by atoms with Gasteiger partial charge in [-0.3, -0.25) is 9.59 Å². The van der Waals surface area contributed by atoms with E-state index in [2.05, 4.69) is 10.1 Å². The number of carbonyl (C=O) groups excluding carboxylic acids is 2. The summed E-state index contributed by atoms with van der Waals surface area (Å²) in [6, 6.07) is 4.63. The number of hydrogen-bond acceptors (Lipinski definition) is 7. The fourth-order valence-electron chi connectivity index (χ4n) is 3.54. The number of hydrogen-bond donors (Lipinski definition) is 1. The van der Waals surface area contributed by atoms with Gasteiger partial charge in [0.15, 0.2) is 11.5 Å². The van der Waals surface area contributed by atoms with Crippen molar-refractivity contribution in [3.8, 4) is 11.5 Å². The highest BCUT2D eigenvalue weighted by molar-refractivity contribution is 7.89. The van der Waals surface area contributed by atoms with Gasteiger partial charge in [0.25, 0.3) is 0 Å². The van der Waals surface area contributed by atoms with Crippen LogP contribution in [0, 0.1) is 5.92 Å². The van der Waals surface area contributed by atoms with Gasteiger partial charge < -0.3 is 19.5 Å². The van der Waals surface area contributed by atoms with Crippen LogP contribution in [-0.4, -0.2) is 64.6 Å². The standard InChI is InChI=1S/C20H28N2O7S/c1-27-19(23)4-2-3-9-21-20(24)15-7-10-22(11-8-15)30(25,26)16-5-6-17-18(14-16)29-13-12-28-17/h5-6,14-15H,2-4,7-13H2,1H3,(H,21,24). The number of fused-ring (bicyclic) bond motifs is 1. The van der Waals surface area contributed by atoms with Gasteiger partial charge in [0.2, 0.25) is 15.9 Å². The number of benzene rings is 1. The van der Waals surface area contributed by atoms with Crippen molar-refractivity contribution in [1.29, 1.82) is 0 Å². The predicted molar refractivity (Wildman–Crippen MR) is 108 cm³/mol. The molecule has 1 fully saturated rings. The molecule has 9 nitrogen and oxygen atoms in total. The molecule has 2 aliphatic heterocycles. The predicted octanol–water partition coefficient (Wildman–Crippen LogP) is 1.32. The quantitative estimate of drug-likeness (QED) is 0.479. The van der Waals surface area contributed by atoms with Gasteiger partial charge in [-0.2, -0.15) is 4.31 Å². The lowest BCUT2D eigenvalue weighted by Gasteiger charge is -2.30. The highest BCUT2D eigenvalue weighted by atomic mass is 32.2. The molecule has 2 heterocycles. The Morgan fingerprint density at radius 3 is 2.53 bits per heavy atom. The maximum atomic E-state index is 13.0. The van der Waals surface area contributed by atoms with Crippen molar-refractivity contribution in [3.63, 3.8) is 0 Å². The van der Waals surface area contributed by atoms with E-state index in [1.165, 1.54) is 23.5 Å². The molecule has 0 unspecified atom stereocenters. The average Bonchev–Trinajstić information content (AvgIpc) is 2.78. The zero-order valence-electron chi connectivity index (χ0n) is 17.1. The van der Waals surface area contributed by atoms with Crippen molar-refractivity contribution < 1.29 is 32.2 Å². The summed E-state index contributed by atoms with van der Waals surface area (Å²) in [5, 5.41) is 2.87. The van der Waals surface area contributed by atoms with Crippen LogP contribution in [0.1, 0.15) is 32.1 Å². The van der Waals surface area contributed by atoms with E-state index in [0.717, 1.165) is 0 Å². The first-order valence-electron chi connectivity index (χ1n) is 10.2. The van der Waals surface area contributed by atoms with Crippen LogP contribution in [0.4, 0.5) is 0 Å². The lowest BCUT2D eigenvalue weighted by atomic mass is 9.97. The second-order valence-electron chi connectivity index (χ2n) is 7.31. The molecule has 3 rings (SSSR count). The van der Waals surface area contributed by atoms with E-state index in [-0.39, 0.29) is 35.8 Å². The minimum absolute atomic E-state index is 0.0653. The van der Waals surface area contributed by atoms with Gasteiger partial charge in [-0.25, -0.2) is 8.42 Å². The highest BCUT2D eigenvalue weighted by Crippen LogP contribution is 2.34. The molecule has 1 aromatic rings. The molecule has 166 valence electrons. The average molecular weight is 441 g/mol. The third kappa shape index (κ3) is 5.42. The van der Waals surface area contributed by atoms with Crippen LogP contribution in [0.3, 0.4) is 0 Å². The normalized spacial score (nSPS) is 17.4. The molecule has 1 amide bonds. The van der Waals surface area contributed by atoms with Gasteiger partial charge in [0.05, 0.1) is 12.0 Å². The SMILES string of the molecule is COC(=O)CCCCNC(=O)C1CCN(S(=O)(=O)c2ccc3c(c2)OCCO3)CC1. The Kier molecular flexibility index (Phi) is 7.54. The lowest BCUT2D eigenvalue weighted by molar-refractivity contribution is -0.140. The number of piperidine rings is 1. The van der Waals surface area contributed by atoms with Crippen LogP contribution in [0.15, 0.2) is 23.1 Å². The van der Waals surface area contributed by atoms with E-state index in [1.807, 2.05) is 0 Å². The summed E-state index contributed by atoms with van der Waals surface area (Å²) in [4.78, 5) is 23.6. The van der Waals surface area contributed by atoms with Crippen molar-refractivity contribution in [2.75, 3.05) is 40.0 Å². The monoisotopic (exact) mass is 440 g/mol. The van der Waals surface area contributed by atoms with Crippen molar-refractivity contribution >= 4 is 21.9 Å². The number of carbonyl (C=O) groups is 2. The smallest absolute Gasteiger partial charge is 0.305 e. The molecular formula is C20H28N2O7S.